The summed E-state index contributed by atoms with van der Waals surface area (Å²) in [6.45, 7) is 5.62. The van der Waals surface area contributed by atoms with Gasteiger partial charge in [0.2, 0.25) is 0 Å². The molecule has 6 heteroatoms. The average Bonchev–Trinajstić information content (AvgIpc) is 1.60. The van der Waals surface area contributed by atoms with Crippen molar-refractivity contribution >= 4 is 48.5 Å². The summed E-state index contributed by atoms with van der Waals surface area (Å²) in [7, 11) is -5.00. The second-order valence-corrected chi connectivity index (χ2v) is 8.12. The van der Waals surface area contributed by atoms with Gasteiger partial charge in [-0.05, 0) is 6.42 Å². The van der Waals surface area contributed by atoms with E-state index in [4.69, 9.17) is 4.55 Å². The van der Waals surface area contributed by atoms with Crippen LogP contribution in [0, 0.1) is 0 Å². The summed E-state index contributed by atoms with van der Waals surface area (Å²) in [5.74, 6) is 0. The van der Waals surface area contributed by atoms with Gasteiger partial charge in [-0.15, -0.1) is 0 Å². The van der Waals surface area contributed by atoms with Crippen molar-refractivity contribution in [1.82, 2.24) is 0 Å². The van der Waals surface area contributed by atoms with Crippen molar-refractivity contribution in [3.05, 3.63) is 0 Å². The van der Waals surface area contributed by atoms with Gasteiger partial charge in [-0.1, -0.05) is 20.0 Å². The summed E-state index contributed by atoms with van der Waals surface area (Å²) in [5.41, 5.74) is 0. The largest absolute Gasteiger partial charge is 0.286 e. The van der Waals surface area contributed by atoms with E-state index in [2.05, 4.69) is 0 Å². The van der Waals surface area contributed by atoms with Crippen LogP contribution in [0.25, 0.3) is 0 Å². The maximum Gasteiger partial charge on any atom is 0.264 e. The summed E-state index contributed by atoms with van der Waals surface area (Å²) in [6.07, 6.45) is 0.530. The van der Waals surface area contributed by atoms with E-state index >= 15 is 0 Å². The summed E-state index contributed by atoms with van der Waals surface area (Å²) in [5, 5.41) is 0. The van der Waals surface area contributed by atoms with E-state index in [-0.39, 0.29) is 29.6 Å². The van der Waals surface area contributed by atoms with Crippen LogP contribution in [0.5, 0.6) is 0 Å². The van der Waals surface area contributed by atoms with Crippen LogP contribution >= 0.6 is 0 Å². The van der Waals surface area contributed by atoms with Gasteiger partial charge in [0.25, 0.3) is 10.1 Å². The molecule has 0 saturated carbocycles. The maximum absolute atomic E-state index is 10.6. The summed E-state index contributed by atoms with van der Waals surface area (Å²) < 4.78 is 29.8. The topological polar surface area (TPSA) is 54.4 Å². The Morgan fingerprint density at radius 1 is 1.45 bits per heavy atom. The molecule has 0 spiro atoms. The second-order valence-electron chi connectivity index (χ2n) is 2.71. The van der Waals surface area contributed by atoms with Crippen LogP contribution in [0.15, 0.2) is 0 Å². The van der Waals surface area contributed by atoms with Gasteiger partial charge in [0.1, 0.15) is 0 Å². The number of hydrogen-bond acceptors (Lipinski definition) is 2. The summed E-state index contributed by atoms with van der Waals surface area (Å²) in [6, 6.07) is 0. The molecule has 0 rings (SSSR count). The van der Waals surface area contributed by atoms with E-state index in [1.165, 1.54) is 0 Å². The molecule has 0 heterocycles. The first-order chi connectivity index (χ1) is 4.39. The maximum atomic E-state index is 10.6. The molecule has 0 aliphatic rings. The first-order valence-electron chi connectivity index (χ1n) is 3.35. The standard InChI is InChI=1S/C5H14O3SSi.Na/c1-4-5(10(2)3)9(6,7)8;/h5,10H,4H2,1-3H3,(H,6,7,8);. The molecule has 1 unspecified atom stereocenters. The average molecular weight is 205 g/mol. The van der Waals surface area contributed by atoms with Crippen LogP contribution in [-0.2, 0) is 10.1 Å². The van der Waals surface area contributed by atoms with Gasteiger partial charge in [-0.3, -0.25) is 4.55 Å². The Labute approximate surface area is 92.2 Å². The van der Waals surface area contributed by atoms with Crippen LogP contribution < -0.4 is 0 Å². The molecule has 63 valence electrons. The fourth-order valence-electron chi connectivity index (χ4n) is 1.03. The molecule has 0 aromatic carbocycles. The molecule has 0 fully saturated rings. The molecule has 0 aromatic rings. The first-order valence-corrected chi connectivity index (χ1v) is 7.83. The monoisotopic (exact) mass is 205 g/mol. The molecule has 0 aliphatic heterocycles. The zero-order valence-electron chi connectivity index (χ0n) is 7.53. The third-order valence-electron chi connectivity index (χ3n) is 1.53. The van der Waals surface area contributed by atoms with Crippen LogP contribution in [-0.4, -0.2) is 56.2 Å². The minimum Gasteiger partial charge on any atom is -0.286 e. The van der Waals surface area contributed by atoms with Gasteiger partial charge in [0.05, 0.1) is 13.7 Å². The molecule has 0 saturated heterocycles. The van der Waals surface area contributed by atoms with Gasteiger partial charge in [0.15, 0.2) is 0 Å². The SMILES string of the molecule is CCC([SiH](C)C)S(=O)(=O)O.[Na]. The van der Waals surface area contributed by atoms with Crippen molar-refractivity contribution in [2.24, 2.45) is 0 Å². The summed E-state index contributed by atoms with van der Waals surface area (Å²) >= 11 is 0. The van der Waals surface area contributed by atoms with Crippen LogP contribution in [0.2, 0.25) is 13.1 Å². The molecule has 3 nitrogen and oxygen atoms in total. The van der Waals surface area contributed by atoms with E-state index in [0.29, 0.717) is 6.42 Å². The molecule has 1 N–H and O–H groups in total. The van der Waals surface area contributed by atoms with Crippen LogP contribution in [0.4, 0.5) is 0 Å². The quantitative estimate of drug-likeness (QED) is 0.532. The Hall–Kier alpha value is 1.13. The van der Waals surface area contributed by atoms with E-state index in [1.807, 2.05) is 13.1 Å². The smallest absolute Gasteiger partial charge is 0.264 e. The van der Waals surface area contributed by atoms with Crippen molar-refractivity contribution in [1.29, 1.82) is 0 Å². The molecule has 1 radical (unpaired) electrons. The molecular formula is C5H14NaO3SSi. The van der Waals surface area contributed by atoms with Gasteiger partial charge in [-0.2, -0.15) is 8.42 Å². The Balaban J connectivity index is 0. The Bertz CT molecular complexity index is 190. The van der Waals surface area contributed by atoms with Crippen molar-refractivity contribution in [3.8, 4) is 0 Å². The van der Waals surface area contributed by atoms with Gasteiger partial charge in [-0.25, -0.2) is 0 Å². The Morgan fingerprint density at radius 2 is 1.82 bits per heavy atom. The Morgan fingerprint density at radius 3 is 1.82 bits per heavy atom. The van der Waals surface area contributed by atoms with E-state index in [0.717, 1.165) is 0 Å². The number of hydrogen-bond donors (Lipinski definition) is 1. The predicted molar refractivity (Wildman–Crippen MR) is 50.3 cm³/mol. The molecule has 0 amide bonds. The molecular weight excluding hydrogens is 191 g/mol. The first kappa shape index (κ1) is 14.6. The normalized spacial score (nSPS) is 14.3. The minimum atomic E-state index is -3.75. The van der Waals surface area contributed by atoms with Crippen molar-refractivity contribution < 1.29 is 13.0 Å². The second kappa shape index (κ2) is 5.72. The van der Waals surface area contributed by atoms with Crippen molar-refractivity contribution in [3.63, 3.8) is 0 Å². The minimum absolute atomic E-state index is 0. The molecule has 0 bridgehead atoms. The van der Waals surface area contributed by atoms with Crippen molar-refractivity contribution in [2.45, 2.75) is 31.3 Å². The van der Waals surface area contributed by atoms with E-state index in [9.17, 15) is 8.42 Å². The third kappa shape index (κ3) is 5.38. The van der Waals surface area contributed by atoms with Crippen LogP contribution in [0.1, 0.15) is 13.3 Å². The zero-order valence-corrected chi connectivity index (χ0v) is 11.5. The third-order valence-corrected chi connectivity index (χ3v) is 7.25. The molecule has 0 aromatic heterocycles. The van der Waals surface area contributed by atoms with Gasteiger partial charge < -0.3 is 0 Å². The van der Waals surface area contributed by atoms with Gasteiger partial charge >= 0.3 is 0 Å². The molecule has 0 aliphatic carbocycles. The molecule has 11 heavy (non-hydrogen) atoms. The fourth-order valence-corrected chi connectivity index (χ4v) is 5.14. The fraction of sp³-hybridized carbons (Fsp3) is 1.00. The van der Waals surface area contributed by atoms with E-state index < -0.39 is 23.8 Å². The Kier molecular flexibility index (Phi) is 7.61. The summed E-state index contributed by atoms with van der Waals surface area (Å²) in [4.78, 5) is -0.465. The van der Waals surface area contributed by atoms with E-state index in [1.54, 1.807) is 6.92 Å². The zero-order chi connectivity index (χ0) is 8.36. The number of rotatable bonds is 3. The van der Waals surface area contributed by atoms with Crippen molar-refractivity contribution in [2.75, 3.05) is 0 Å². The molecule has 1 atom stereocenters. The van der Waals surface area contributed by atoms with Gasteiger partial charge in [0, 0.05) is 29.6 Å². The predicted octanol–water partition coefficient (Wildman–Crippen LogP) is 0.298. The van der Waals surface area contributed by atoms with Crippen LogP contribution in [0.3, 0.4) is 0 Å².